The van der Waals surface area contributed by atoms with E-state index < -0.39 is 0 Å². The molecule has 2 fully saturated rings. The van der Waals surface area contributed by atoms with Crippen molar-refractivity contribution in [3.63, 3.8) is 0 Å². The lowest BCUT2D eigenvalue weighted by molar-refractivity contribution is 0.131. The molecule has 2 aliphatic rings. The molecular weight excluding hydrogens is 194 g/mol. The fourth-order valence-corrected chi connectivity index (χ4v) is 2.43. The van der Waals surface area contributed by atoms with Gasteiger partial charge in [0.2, 0.25) is 0 Å². The molecule has 0 spiro atoms. The van der Waals surface area contributed by atoms with Crippen molar-refractivity contribution >= 4 is 12.6 Å². The summed E-state index contributed by atoms with van der Waals surface area (Å²) in [6.07, 6.45) is 5.55. The van der Waals surface area contributed by atoms with Gasteiger partial charge in [0, 0.05) is 26.2 Å². The Morgan fingerprint density at radius 2 is 2.14 bits per heavy atom. The summed E-state index contributed by atoms with van der Waals surface area (Å²) < 4.78 is 5.16. The molecule has 0 N–H and O–H groups in total. The Morgan fingerprint density at radius 1 is 1.43 bits per heavy atom. The molecule has 2 aliphatic carbocycles. The fourth-order valence-electron chi connectivity index (χ4n) is 2.01. The Balaban J connectivity index is 1.78. The fraction of sp³-hybridized carbons (Fsp3) is 1.00. The van der Waals surface area contributed by atoms with Gasteiger partial charge in [-0.05, 0) is 36.9 Å². The van der Waals surface area contributed by atoms with Crippen molar-refractivity contribution in [2.24, 2.45) is 5.41 Å². The van der Waals surface area contributed by atoms with Gasteiger partial charge in [-0.15, -0.1) is 0 Å². The van der Waals surface area contributed by atoms with E-state index in [9.17, 15) is 0 Å². The summed E-state index contributed by atoms with van der Waals surface area (Å²) in [6, 6.07) is 0.863. The molecule has 2 nitrogen and oxygen atoms in total. The Morgan fingerprint density at radius 3 is 2.57 bits per heavy atom. The highest BCUT2D eigenvalue weighted by molar-refractivity contribution is 7.80. The normalized spacial score (nSPS) is 24.2. The van der Waals surface area contributed by atoms with Crippen molar-refractivity contribution in [2.75, 3.05) is 32.6 Å². The van der Waals surface area contributed by atoms with E-state index in [1.54, 1.807) is 7.11 Å². The van der Waals surface area contributed by atoms with Crippen LogP contribution in [0.5, 0.6) is 0 Å². The van der Waals surface area contributed by atoms with Crippen LogP contribution in [0.15, 0.2) is 0 Å². The van der Waals surface area contributed by atoms with Crippen LogP contribution >= 0.6 is 12.6 Å². The highest BCUT2D eigenvalue weighted by atomic mass is 32.1. The maximum Gasteiger partial charge on any atom is 0.0589 e. The second kappa shape index (κ2) is 4.42. The van der Waals surface area contributed by atoms with Crippen LogP contribution in [0.3, 0.4) is 0 Å². The van der Waals surface area contributed by atoms with Crippen LogP contribution in [0.1, 0.15) is 25.7 Å². The van der Waals surface area contributed by atoms with Gasteiger partial charge < -0.3 is 4.74 Å². The lowest BCUT2D eigenvalue weighted by Crippen LogP contribution is -2.35. The van der Waals surface area contributed by atoms with Crippen molar-refractivity contribution < 1.29 is 4.74 Å². The molecule has 0 aromatic heterocycles. The third kappa shape index (κ3) is 2.65. The molecule has 3 heteroatoms. The number of nitrogens with zero attached hydrogens (tertiary/aromatic N) is 1. The van der Waals surface area contributed by atoms with Crippen LogP contribution in [0.4, 0.5) is 0 Å². The van der Waals surface area contributed by atoms with Crippen LogP contribution in [0.2, 0.25) is 0 Å². The largest absolute Gasteiger partial charge is 0.383 e. The summed E-state index contributed by atoms with van der Waals surface area (Å²) in [4.78, 5) is 2.62. The van der Waals surface area contributed by atoms with Gasteiger partial charge in [-0.3, -0.25) is 4.90 Å². The van der Waals surface area contributed by atoms with E-state index in [0.717, 1.165) is 24.9 Å². The molecule has 0 radical (unpaired) electrons. The lowest BCUT2D eigenvalue weighted by atomic mass is 10.1. The van der Waals surface area contributed by atoms with Crippen LogP contribution in [0.25, 0.3) is 0 Å². The highest BCUT2D eigenvalue weighted by Crippen LogP contribution is 2.48. The zero-order valence-electron chi connectivity index (χ0n) is 9.04. The Kier molecular flexibility index (Phi) is 3.40. The molecule has 0 saturated heterocycles. The average Bonchev–Trinajstić information content (AvgIpc) is 3.04. The monoisotopic (exact) mass is 215 g/mol. The summed E-state index contributed by atoms with van der Waals surface area (Å²) >= 11 is 4.46. The molecule has 2 rings (SSSR count). The molecule has 0 amide bonds. The Bertz CT molecular complexity index is 190. The van der Waals surface area contributed by atoms with Gasteiger partial charge >= 0.3 is 0 Å². The first kappa shape index (κ1) is 10.8. The minimum absolute atomic E-state index is 0.569. The molecule has 14 heavy (non-hydrogen) atoms. The molecule has 0 aliphatic heterocycles. The van der Waals surface area contributed by atoms with E-state index in [2.05, 4.69) is 17.5 Å². The van der Waals surface area contributed by atoms with Crippen molar-refractivity contribution in [2.45, 2.75) is 31.7 Å². The van der Waals surface area contributed by atoms with Gasteiger partial charge in [0.25, 0.3) is 0 Å². The maximum atomic E-state index is 5.16. The Labute approximate surface area is 92.4 Å². The smallest absolute Gasteiger partial charge is 0.0589 e. The van der Waals surface area contributed by atoms with E-state index in [-0.39, 0.29) is 0 Å². The molecule has 0 unspecified atom stereocenters. The number of hydrogen-bond donors (Lipinski definition) is 1. The van der Waals surface area contributed by atoms with Gasteiger partial charge in [-0.2, -0.15) is 12.6 Å². The van der Waals surface area contributed by atoms with Crippen LogP contribution < -0.4 is 0 Å². The molecule has 0 aromatic rings. The van der Waals surface area contributed by atoms with Gasteiger partial charge in [-0.25, -0.2) is 0 Å². The van der Waals surface area contributed by atoms with Gasteiger partial charge in [0.15, 0.2) is 0 Å². The quantitative estimate of drug-likeness (QED) is 0.650. The van der Waals surface area contributed by atoms with Crippen LogP contribution in [0, 0.1) is 5.41 Å². The van der Waals surface area contributed by atoms with E-state index >= 15 is 0 Å². The average molecular weight is 215 g/mol. The van der Waals surface area contributed by atoms with Gasteiger partial charge in [-0.1, -0.05) is 0 Å². The predicted molar refractivity (Wildman–Crippen MR) is 62.0 cm³/mol. The van der Waals surface area contributed by atoms with Crippen LogP contribution in [-0.2, 0) is 4.74 Å². The zero-order valence-corrected chi connectivity index (χ0v) is 9.93. The van der Waals surface area contributed by atoms with E-state index in [0.29, 0.717) is 5.41 Å². The van der Waals surface area contributed by atoms with Crippen molar-refractivity contribution in [3.8, 4) is 0 Å². The third-order valence-corrected chi connectivity index (χ3v) is 4.15. The van der Waals surface area contributed by atoms with E-state index in [1.807, 2.05) is 0 Å². The summed E-state index contributed by atoms with van der Waals surface area (Å²) in [5, 5.41) is 0. The summed E-state index contributed by atoms with van der Waals surface area (Å²) in [7, 11) is 1.79. The molecule has 0 heterocycles. The SMILES string of the molecule is COCCN(CC1(CS)CC1)C1CC1. The first-order valence-corrected chi connectivity index (χ1v) is 6.27. The molecule has 0 aromatic carbocycles. The van der Waals surface area contributed by atoms with Gasteiger partial charge in [0.1, 0.15) is 0 Å². The summed E-state index contributed by atoms with van der Waals surface area (Å²) in [6.45, 7) is 3.24. The van der Waals surface area contributed by atoms with Crippen LogP contribution in [-0.4, -0.2) is 43.5 Å². The van der Waals surface area contributed by atoms with Crippen molar-refractivity contribution in [3.05, 3.63) is 0 Å². The first-order chi connectivity index (χ1) is 6.79. The predicted octanol–water partition coefficient (Wildman–Crippen LogP) is 1.81. The zero-order chi connectivity index (χ0) is 10.0. The third-order valence-electron chi connectivity index (χ3n) is 3.48. The molecule has 0 bridgehead atoms. The van der Waals surface area contributed by atoms with E-state index in [1.165, 1.54) is 32.2 Å². The van der Waals surface area contributed by atoms with Crippen molar-refractivity contribution in [1.82, 2.24) is 4.90 Å². The lowest BCUT2D eigenvalue weighted by Gasteiger charge is -2.26. The second-order valence-corrected chi connectivity index (χ2v) is 5.17. The first-order valence-electron chi connectivity index (χ1n) is 5.63. The standard InChI is InChI=1S/C11H21NOS/c1-13-7-6-12(10-2-3-10)8-11(9-14)4-5-11/h10,14H,2-9H2,1H3. The molecule has 82 valence electrons. The summed E-state index contributed by atoms with van der Waals surface area (Å²) in [5.41, 5.74) is 0.569. The number of thiol groups is 1. The number of methoxy groups -OCH3 is 1. The minimum atomic E-state index is 0.569. The highest BCUT2D eigenvalue weighted by Gasteiger charge is 2.44. The maximum absolute atomic E-state index is 5.16. The Hall–Kier alpha value is 0.270. The topological polar surface area (TPSA) is 12.5 Å². The second-order valence-electron chi connectivity index (χ2n) is 4.85. The van der Waals surface area contributed by atoms with Gasteiger partial charge in [0.05, 0.1) is 6.61 Å². The molecule has 2 saturated carbocycles. The summed E-state index contributed by atoms with van der Waals surface area (Å²) in [5.74, 6) is 1.06. The van der Waals surface area contributed by atoms with E-state index in [4.69, 9.17) is 4.74 Å². The molecule has 0 atom stereocenters. The number of rotatable bonds is 7. The van der Waals surface area contributed by atoms with Crippen molar-refractivity contribution in [1.29, 1.82) is 0 Å². The minimum Gasteiger partial charge on any atom is -0.383 e. The number of ether oxygens (including phenoxy) is 1. The molecular formula is C11H21NOS. The number of hydrogen-bond acceptors (Lipinski definition) is 3.